The number of fused-ring (bicyclic) bond motifs is 1. The second kappa shape index (κ2) is 20.9. The van der Waals surface area contributed by atoms with Crippen molar-refractivity contribution in [3.05, 3.63) is 35.9 Å². The quantitative estimate of drug-likeness (QED) is 0.0398. The number of nitrogens with two attached hydrogens (primary N) is 1. The fraction of sp³-hybridized carbons (Fsp3) is 0.655. The van der Waals surface area contributed by atoms with E-state index in [1.54, 1.807) is 0 Å². The zero-order valence-corrected chi connectivity index (χ0v) is 25.9. The molecule has 2 fully saturated rings. The van der Waals surface area contributed by atoms with Gasteiger partial charge in [0.2, 0.25) is 17.7 Å². The van der Waals surface area contributed by atoms with E-state index in [0.717, 1.165) is 30.6 Å². The van der Waals surface area contributed by atoms with Crippen LogP contribution in [-0.4, -0.2) is 99.2 Å². The topological polar surface area (TPSA) is 191 Å². The number of amides is 5. The van der Waals surface area contributed by atoms with Crippen molar-refractivity contribution in [3.8, 4) is 0 Å². The molecular formula is C29H46N6O8S. The lowest BCUT2D eigenvalue weighted by atomic mass is 10.0. The molecule has 2 saturated heterocycles. The highest BCUT2D eigenvalue weighted by molar-refractivity contribution is 8.00. The van der Waals surface area contributed by atoms with E-state index in [0.29, 0.717) is 44.6 Å². The van der Waals surface area contributed by atoms with Crippen molar-refractivity contribution >= 4 is 35.5 Å². The van der Waals surface area contributed by atoms with Gasteiger partial charge in [-0.1, -0.05) is 36.8 Å². The SMILES string of the molecule is NC(=O)CCC(NOCc1ccccc1)C(=O)NCOCCOCCOCCNC(=O)CCCCC1SCC2NC(=O)NC21. The maximum Gasteiger partial charge on any atom is 0.315 e. The molecule has 4 unspecified atom stereocenters. The predicted octanol–water partition coefficient (Wildman–Crippen LogP) is 0.307. The second-order valence-corrected chi connectivity index (χ2v) is 11.8. The number of primary amides is 1. The van der Waals surface area contributed by atoms with E-state index in [9.17, 15) is 19.2 Å². The van der Waals surface area contributed by atoms with Crippen LogP contribution in [0.2, 0.25) is 0 Å². The summed E-state index contributed by atoms with van der Waals surface area (Å²) in [4.78, 5) is 52.6. The first-order valence-electron chi connectivity index (χ1n) is 15.1. The maximum atomic E-state index is 12.5. The van der Waals surface area contributed by atoms with E-state index in [1.165, 1.54) is 0 Å². The van der Waals surface area contributed by atoms with Crippen LogP contribution in [-0.2, 0) is 40.0 Å². The Morgan fingerprint density at radius 2 is 1.70 bits per heavy atom. The summed E-state index contributed by atoms with van der Waals surface area (Å²) in [6.45, 7) is 2.42. The van der Waals surface area contributed by atoms with Crippen LogP contribution in [0.3, 0.4) is 0 Å². The summed E-state index contributed by atoms with van der Waals surface area (Å²) in [6.07, 6.45) is 3.46. The predicted molar refractivity (Wildman–Crippen MR) is 164 cm³/mol. The van der Waals surface area contributed by atoms with Gasteiger partial charge in [0, 0.05) is 30.4 Å². The summed E-state index contributed by atoms with van der Waals surface area (Å²) in [5, 5.41) is 11.8. The summed E-state index contributed by atoms with van der Waals surface area (Å²) >= 11 is 1.89. The molecule has 0 aromatic heterocycles. The fourth-order valence-corrected chi connectivity index (χ4v) is 6.26. The number of carbonyl (C=O) groups is 4. The Labute approximate surface area is 262 Å². The average Bonchev–Trinajstić information content (AvgIpc) is 3.56. The van der Waals surface area contributed by atoms with E-state index >= 15 is 0 Å². The Hall–Kier alpha value is -2.95. The van der Waals surface area contributed by atoms with Crippen molar-refractivity contribution in [2.75, 3.05) is 52.1 Å². The highest BCUT2D eigenvalue weighted by Gasteiger charge is 2.42. The van der Waals surface area contributed by atoms with Crippen LogP contribution in [0.4, 0.5) is 4.79 Å². The highest BCUT2D eigenvalue weighted by Crippen LogP contribution is 2.33. The van der Waals surface area contributed by atoms with E-state index in [4.69, 9.17) is 24.8 Å². The first-order chi connectivity index (χ1) is 21.4. The third-order valence-corrected chi connectivity index (χ3v) is 8.55. The minimum atomic E-state index is -0.766. The van der Waals surface area contributed by atoms with Crippen LogP contribution in [0, 0.1) is 0 Å². The number of hydrogen-bond donors (Lipinski definition) is 6. The Balaban J connectivity index is 1.10. The van der Waals surface area contributed by atoms with Gasteiger partial charge in [-0.2, -0.15) is 17.2 Å². The molecule has 2 aliphatic rings. The molecule has 1 aromatic carbocycles. The molecule has 5 amide bonds. The van der Waals surface area contributed by atoms with Crippen molar-refractivity contribution in [3.63, 3.8) is 0 Å². The van der Waals surface area contributed by atoms with Gasteiger partial charge >= 0.3 is 6.03 Å². The van der Waals surface area contributed by atoms with E-state index in [-0.39, 0.29) is 62.7 Å². The summed E-state index contributed by atoms with van der Waals surface area (Å²) in [6, 6.07) is 9.07. The minimum Gasteiger partial charge on any atom is -0.377 e. The van der Waals surface area contributed by atoms with Crippen molar-refractivity contribution in [2.24, 2.45) is 5.73 Å². The monoisotopic (exact) mass is 638 g/mol. The lowest BCUT2D eigenvalue weighted by Crippen LogP contribution is -2.45. The van der Waals surface area contributed by atoms with Gasteiger partial charge in [0.25, 0.3) is 0 Å². The number of rotatable bonds is 24. The molecule has 3 rings (SSSR count). The van der Waals surface area contributed by atoms with Crippen LogP contribution in [0.15, 0.2) is 30.3 Å². The number of urea groups is 1. The lowest BCUT2D eigenvalue weighted by molar-refractivity contribution is -0.130. The smallest absolute Gasteiger partial charge is 0.315 e. The Bertz CT molecular complexity index is 1020. The van der Waals surface area contributed by atoms with Gasteiger partial charge in [-0.25, -0.2) is 4.79 Å². The number of nitrogens with one attached hydrogen (secondary N) is 5. The third kappa shape index (κ3) is 14.2. The molecule has 246 valence electrons. The molecule has 4 atom stereocenters. The normalized spacial score (nSPS) is 19.5. The molecule has 0 radical (unpaired) electrons. The summed E-state index contributed by atoms with van der Waals surface area (Å²) < 4.78 is 16.3. The number of ether oxygens (including phenoxy) is 3. The molecular weight excluding hydrogens is 592 g/mol. The Morgan fingerprint density at radius 1 is 0.955 bits per heavy atom. The molecule has 1 aromatic rings. The van der Waals surface area contributed by atoms with Crippen LogP contribution in [0.1, 0.15) is 44.1 Å². The number of carbonyl (C=O) groups excluding carboxylic acids is 4. The third-order valence-electron chi connectivity index (χ3n) is 7.04. The number of thioether (sulfide) groups is 1. The summed E-state index contributed by atoms with van der Waals surface area (Å²) in [5.74, 6) is 0.0749. The second-order valence-electron chi connectivity index (χ2n) is 10.5. The zero-order chi connectivity index (χ0) is 31.4. The zero-order valence-electron chi connectivity index (χ0n) is 25.1. The molecule has 0 spiro atoms. The van der Waals surface area contributed by atoms with Crippen LogP contribution >= 0.6 is 11.8 Å². The number of hydrogen-bond acceptors (Lipinski definition) is 10. The Morgan fingerprint density at radius 3 is 2.48 bits per heavy atom. The molecule has 44 heavy (non-hydrogen) atoms. The van der Waals surface area contributed by atoms with Gasteiger partial charge in [0.05, 0.1) is 51.7 Å². The maximum absolute atomic E-state index is 12.5. The lowest BCUT2D eigenvalue weighted by Gasteiger charge is -2.18. The van der Waals surface area contributed by atoms with Crippen LogP contribution in [0.25, 0.3) is 0 Å². The summed E-state index contributed by atoms with van der Waals surface area (Å²) in [5.41, 5.74) is 8.86. The molecule has 7 N–H and O–H groups in total. The van der Waals surface area contributed by atoms with Gasteiger partial charge in [0.15, 0.2) is 0 Å². The van der Waals surface area contributed by atoms with Gasteiger partial charge < -0.3 is 41.2 Å². The van der Waals surface area contributed by atoms with Gasteiger partial charge in [0.1, 0.15) is 12.8 Å². The highest BCUT2D eigenvalue weighted by atomic mass is 32.2. The number of hydroxylamine groups is 1. The van der Waals surface area contributed by atoms with Crippen molar-refractivity contribution in [1.82, 2.24) is 26.7 Å². The Kier molecular flexibility index (Phi) is 16.9. The molecule has 14 nitrogen and oxygen atoms in total. The van der Waals surface area contributed by atoms with E-state index < -0.39 is 11.9 Å². The number of benzene rings is 1. The molecule has 15 heteroatoms. The first-order valence-corrected chi connectivity index (χ1v) is 16.1. The largest absolute Gasteiger partial charge is 0.377 e. The van der Waals surface area contributed by atoms with Crippen LogP contribution < -0.4 is 32.5 Å². The van der Waals surface area contributed by atoms with Crippen molar-refractivity contribution < 1.29 is 38.2 Å². The molecule has 0 saturated carbocycles. The molecule has 0 aliphatic carbocycles. The standard InChI is InChI=1S/C29H46N6O8S/c30-25(36)11-10-22(35-43-18-21-6-2-1-3-7-21)28(38)32-20-42-17-16-41-15-14-40-13-12-31-26(37)9-5-4-8-24-27-23(19-44-24)33-29(39)34-27/h1-3,6-7,22-24,27,35H,4-5,8-20H2,(H2,30,36)(H,31,37)(H,32,38)(H2,33,34,39). The number of unbranched alkanes of at least 4 members (excludes halogenated alkanes) is 1. The molecule has 2 aliphatic heterocycles. The van der Waals surface area contributed by atoms with Crippen molar-refractivity contribution in [1.29, 1.82) is 0 Å². The molecule has 2 heterocycles. The average molecular weight is 639 g/mol. The first kappa shape index (κ1) is 35.5. The van der Waals surface area contributed by atoms with Crippen LogP contribution in [0.5, 0.6) is 0 Å². The molecule has 0 bridgehead atoms. The summed E-state index contributed by atoms with van der Waals surface area (Å²) in [7, 11) is 0. The van der Waals surface area contributed by atoms with E-state index in [1.807, 2.05) is 42.1 Å². The minimum absolute atomic E-state index is 0.0107. The van der Waals surface area contributed by atoms with Gasteiger partial charge in [-0.05, 0) is 24.8 Å². The van der Waals surface area contributed by atoms with Crippen molar-refractivity contribution in [2.45, 2.75) is 68.5 Å². The fourth-order valence-electron chi connectivity index (χ4n) is 4.71. The van der Waals surface area contributed by atoms with Gasteiger partial charge in [-0.3, -0.25) is 19.2 Å². The van der Waals surface area contributed by atoms with Gasteiger partial charge in [-0.15, -0.1) is 0 Å². The van der Waals surface area contributed by atoms with E-state index in [2.05, 4.69) is 26.7 Å².